The molecule has 1 aliphatic rings. The first-order valence-corrected chi connectivity index (χ1v) is 11.0. The number of carbonyl (C=O) groups excluding carboxylic acids is 1. The van der Waals surface area contributed by atoms with Gasteiger partial charge in [-0.1, -0.05) is 66.9 Å². The third-order valence-electron chi connectivity index (χ3n) is 5.75. The van der Waals surface area contributed by atoms with Crippen LogP contribution in [-0.2, 0) is 17.8 Å². The average Bonchev–Trinajstić information content (AvgIpc) is 3.21. The second-order valence-corrected chi connectivity index (χ2v) is 8.46. The maximum Gasteiger partial charge on any atom is 0.329 e. The van der Waals surface area contributed by atoms with Gasteiger partial charge in [-0.25, -0.2) is 9.59 Å². The number of halogens is 1. The molecule has 0 spiro atoms. The Kier molecular flexibility index (Phi) is 7.75. The fourth-order valence-electron chi connectivity index (χ4n) is 4.04. The number of rotatable bonds is 9. The summed E-state index contributed by atoms with van der Waals surface area (Å²) < 4.78 is 0. The van der Waals surface area contributed by atoms with Crippen LogP contribution < -0.4 is 5.32 Å². The Labute approximate surface area is 183 Å². The molecule has 0 heterocycles. The summed E-state index contributed by atoms with van der Waals surface area (Å²) in [4.78, 5) is 26.6. The standard InChI is InChI=1S/C24H29ClN2O3/c25-21-13-8-12-20(17-21)18-27(16-7-4-11-19-9-2-1-3-10-19)23(30)26-24(22(28)29)14-5-6-15-24/h1-3,8-10,12-13,17H,4-7,11,14-16,18H2,(H,26,30)(H,28,29). The summed E-state index contributed by atoms with van der Waals surface area (Å²) in [5.41, 5.74) is 1.06. The van der Waals surface area contributed by atoms with Crippen molar-refractivity contribution in [3.05, 3.63) is 70.7 Å². The quantitative estimate of drug-likeness (QED) is 0.534. The highest BCUT2D eigenvalue weighted by molar-refractivity contribution is 6.30. The number of unbranched alkanes of at least 4 members (excludes halogenated alkanes) is 1. The predicted molar refractivity (Wildman–Crippen MR) is 119 cm³/mol. The Morgan fingerprint density at radius 2 is 1.70 bits per heavy atom. The van der Waals surface area contributed by atoms with Gasteiger partial charge in [-0.2, -0.15) is 0 Å². The lowest BCUT2D eigenvalue weighted by atomic mass is 9.98. The van der Waals surface area contributed by atoms with E-state index in [1.165, 1.54) is 5.56 Å². The SMILES string of the molecule is O=C(NC1(C(=O)O)CCCC1)N(CCCCc1ccccc1)Cc1cccc(Cl)c1. The summed E-state index contributed by atoms with van der Waals surface area (Å²) in [5.74, 6) is -0.944. The van der Waals surface area contributed by atoms with E-state index in [2.05, 4.69) is 17.4 Å². The summed E-state index contributed by atoms with van der Waals surface area (Å²) in [6, 6.07) is 17.4. The van der Waals surface area contributed by atoms with Crippen molar-refractivity contribution in [2.24, 2.45) is 0 Å². The van der Waals surface area contributed by atoms with Crippen molar-refractivity contribution in [3.8, 4) is 0 Å². The van der Waals surface area contributed by atoms with E-state index in [9.17, 15) is 14.7 Å². The van der Waals surface area contributed by atoms with Crippen LogP contribution in [0, 0.1) is 0 Å². The molecule has 5 nitrogen and oxygen atoms in total. The smallest absolute Gasteiger partial charge is 0.329 e. The van der Waals surface area contributed by atoms with Crippen LogP contribution >= 0.6 is 11.6 Å². The molecule has 2 aromatic rings. The van der Waals surface area contributed by atoms with Crippen LogP contribution in [0.3, 0.4) is 0 Å². The highest BCUT2D eigenvalue weighted by Gasteiger charge is 2.43. The number of aliphatic carboxylic acids is 1. The van der Waals surface area contributed by atoms with Crippen LogP contribution in [0.5, 0.6) is 0 Å². The molecular formula is C24H29ClN2O3. The number of carboxylic acid groups (broad SMARTS) is 1. The molecule has 0 unspecified atom stereocenters. The molecule has 2 aromatic carbocycles. The predicted octanol–water partition coefficient (Wildman–Crippen LogP) is 5.27. The van der Waals surface area contributed by atoms with Gasteiger partial charge in [-0.05, 0) is 55.4 Å². The van der Waals surface area contributed by atoms with Crippen molar-refractivity contribution in [3.63, 3.8) is 0 Å². The number of amides is 2. The first kappa shape index (κ1) is 22.2. The molecule has 1 fully saturated rings. The van der Waals surface area contributed by atoms with E-state index >= 15 is 0 Å². The van der Waals surface area contributed by atoms with Crippen LogP contribution in [0.2, 0.25) is 5.02 Å². The fourth-order valence-corrected chi connectivity index (χ4v) is 4.25. The zero-order valence-electron chi connectivity index (χ0n) is 17.1. The Balaban J connectivity index is 1.65. The monoisotopic (exact) mass is 428 g/mol. The molecule has 30 heavy (non-hydrogen) atoms. The minimum absolute atomic E-state index is 0.320. The van der Waals surface area contributed by atoms with Crippen LogP contribution in [-0.4, -0.2) is 34.1 Å². The van der Waals surface area contributed by atoms with Crippen LogP contribution in [0.4, 0.5) is 4.79 Å². The van der Waals surface area contributed by atoms with Crippen molar-refractivity contribution < 1.29 is 14.7 Å². The van der Waals surface area contributed by atoms with Crippen molar-refractivity contribution in [1.29, 1.82) is 0 Å². The molecule has 1 saturated carbocycles. The van der Waals surface area contributed by atoms with E-state index in [4.69, 9.17) is 11.6 Å². The third kappa shape index (κ3) is 5.99. The van der Waals surface area contributed by atoms with E-state index in [1.807, 2.05) is 36.4 Å². The number of benzene rings is 2. The number of urea groups is 1. The topological polar surface area (TPSA) is 69.6 Å². The highest BCUT2D eigenvalue weighted by atomic mass is 35.5. The molecule has 1 aliphatic carbocycles. The van der Waals surface area contributed by atoms with Gasteiger partial charge in [0.2, 0.25) is 0 Å². The zero-order valence-corrected chi connectivity index (χ0v) is 17.9. The van der Waals surface area contributed by atoms with Crippen LogP contribution in [0.25, 0.3) is 0 Å². The van der Waals surface area contributed by atoms with Crippen molar-refractivity contribution in [2.45, 2.75) is 57.0 Å². The van der Waals surface area contributed by atoms with E-state index in [0.717, 1.165) is 37.7 Å². The Morgan fingerprint density at radius 1 is 1.00 bits per heavy atom. The van der Waals surface area contributed by atoms with Gasteiger partial charge in [0, 0.05) is 18.1 Å². The van der Waals surface area contributed by atoms with E-state index in [0.29, 0.717) is 31.0 Å². The van der Waals surface area contributed by atoms with Crippen LogP contribution in [0.15, 0.2) is 54.6 Å². The summed E-state index contributed by atoms with van der Waals surface area (Å²) in [7, 11) is 0. The lowest BCUT2D eigenvalue weighted by molar-refractivity contribution is -0.144. The van der Waals surface area contributed by atoms with Gasteiger partial charge in [0.25, 0.3) is 0 Å². The molecule has 3 rings (SSSR count). The first-order chi connectivity index (χ1) is 14.5. The number of aryl methyl sites for hydroxylation is 1. The lowest BCUT2D eigenvalue weighted by Gasteiger charge is -2.30. The summed E-state index contributed by atoms with van der Waals surface area (Å²) in [6.45, 7) is 0.953. The zero-order chi connectivity index (χ0) is 21.4. The molecule has 0 radical (unpaired) electrons. The van der Waals surface area contributed by atoms with E-state index in [-0.39, 0.29) is 6.03 Å². The van der Waals surface area contributed by atoms with Gasteiger partial charge < -0.3 is 15.3 Å². The molecule has 2 amide bonds. The van der Waals surface area contributed by atoms with E-state index < -0.39 is 11.5 Å². The minimum atomic E-state index is -1.15. The first-order valence-electron chi connectivity index (χ1n) is 10.6. The van der Waals surface area contributed by atoms with Crippen molar-refractivity contribution >= 4 is 23.6 Å². The van der Waals surface area contributed by atoms with Gasteiger partial charge in [0.15, 0.2) is 0 Å². The summed E-state index contributed by atoms with van der Waals surface area (Å²) in [5, 5.41) is 13.2. The molecule has 2 N–H and O–H groups in total. The third-order valence-corrected chi connectivity index (χ3v) is 5.98. The maximum atomic E-state index is 13.1. The number of carbonyl (C=O) groups is 2. The highest BCUT2D eigenvalue weighted by Crippen LogP contribution is 2.30. The number of nitrogens with zero attached hydrogens (tertiary/aromatic N) is 1. The van der Waals surface area contributed by atoms with Crippen molar-refractivity contribution in [1.82, 2.24) is 10.2 Å². The lowest BCUT2D eigenvalue weighted by Crippen LogP contribution is -2.56. The molecule has 0 aliphatic heterocycles. The summed E-state index contributed by atoms with van der Waals surface area (Å²) >= 11 is 6.11. The van der Waals surface area contributed by atoms with Crippen LogP contribution in [0.1, 0.15) is 49.7 Å². The summed E-state index contributed by atoms with van der Waals surface area (Å²) in [6.07, 6.45) is 5.33. The fraction of sp³-hybridized carbons (Fsp3) is 0.417. The number of carboxylic acids is 1. The van der Waals surface area contributed by atoms with Crippen molar-refractivity contribution in [2.75, 3.05) is 6.54 Å². The minimum Gasteiger partial charge on any atom is -0.480 e. The molecule has 0 bridgehead atoms. The molecule has 160 valence electrons. The Bertz CT molecular complexity index is 851. The van der Waals surface area contributed by atoms with Gasteiger partial charge >= 0.3 is 12.0 Å². The molecule has 0 aromatic heterocycles. The molecular weight excluding hydrogens is 400 g/mol. The number of nitrogens with one attached hydrogen (secondary N) is 1. The van der Waals surface area contributed by atoms with Gasteiger partial charge in [-0.3, -0.25) is 0 Å². The van der Waals surface area contributed by atoms with Gasteiger partial charge in [0.05, 0.1) is 0 Å². The normalized spacial score (nSPS) is 15.0. The molecule has 0 saturated heterocycles. The maximum absolute atomic E-state index is 13.1. The van der Waals surface area contributed by atoms with E-state index in [1.54, 1.807) is 11.0 Å². The van der Waals surface area contributed by atoms with Gasteiger partial charge in [0.1, 0.15) is 5.54 Å². The second-order valence-electron chi connectivity index (χ2n) is 8.02. The molecule has 0 atom stereocenters. The Morgan fingerprint density at radius 3 is 2.37 bits per heavy atom. The Hall–Kier alpha value is -2.53. The largest absolute Gasteiger partial charge is 0.480 e. The number of hydrogen-bond acceptors (Lipinski definition) is 2. The number of hydrogen-bond donors (Lipinski definition) is 2. The molecule has 6 heteroatoms. The van der Waals surface area contributed by atoms with Gasteiger partial charge in [-0.15, -0.1) is 0 Å². The second kappa shape index (κ2) is 10.5. The average molecular weight is 429 g/mol.